The summed E-state index contributed by atoms with van der Waals surface area (Å²) < 4.78 is 28.8. The minimum absolute atomic E-state index is 0.0121. The molecule has 0 aliphatic heterocycles. The summed E-state index contributed by atoms with van der Waals surface area (Å²) in [6.07, 6.45) is 0.721. The van der Waals surface area contributed by atoms with Gasteiger partial charge in [0.1, 0.15) is 12.6 Å². The summed E-state index contributed by atoms with van der Waals surface area (Å²) >= 11 is 18.3. The lowest BCUT2D eigenvalue weighted by molar-refractivity contribution is -0.139. The van der Waals surface area contributed by atoms with E-state index in [-0.39, 0.29) is 17.3 Å². The molecule has 40 heavy (non-hydrogen) atoms. The summed E-state index contributed by atoms with van der Waals surface area (Å²) in [5.41, 5.74) is 2.79. The second-order valence-corrected chi connectivity index (χ2v) is 12.6. The molecule has 1 N–H and O–H groups in total. The number of halogens is 3. The van der Waals surface area contributed by atoms with Gasteiger partial charge in [-0.05, 0) is 92.4 Å². The number of amides is 2. The molecule has 214 valence electrons. The van der Waals surface area contributed by atoms with Crippen molar-refractivity contribution in [2.45, 2.75) is 51.6 Å². The number of nitrogens with zero attached hydrogens (tertiary/aromatic N) is 2. The van der Waals surface area contributed by atoms with Gasteiger partial charge in [0.2, 0.25) is 11.8 Å². The number of nitrogens with one attached hydrogen (secondary N) is 1. The van der Waals surface area contributed by atoms with Crippen molar-refractivity contribution >= 4 is 62.3 Å². The number of anilines is 1. The van der Waals surface area contributed by atoms with Crippen molar-refractivity contribution in [2.24, 2.45) is 0 Å². The SMILES string of the molecule is CCCNC(=O)C(C)N(Cc1ccc(Cl)c(Cl)c1)C(=O)CN(c1ccc(C)c(C)c1)S(=O)(=O)c1ccc(Cl)cc1. The Labute approximate surface area is 251 Å². The number of carbonyl (C=O) groups excluding carboxylic acids is 2. The molecule has 0 aliphatic rings. The Kier molecular flexibility index (Phi) is 10.9. The first kappa shape index (κ1) is 31.7. The maximum absolute atomic E-state index is 13.9. The Morgan fingerprint density at radius 2 is 1.57 bits per heavy atom. The van der Waals surface area contributed by atoms with Crippen molar-refractivity contribution in [1.29, 1.82) is 0 Å². The monoisotopic (exact) mass is 623 g/mol. The fraction of sp³-hybridized carbons (Fsp3) is 0.310. The highest BCUT2D eigenvalue weighted by molar-refractivity contribution is 7.92. The van der Waals surface area contributed by atoms with Gasteiger partial charge >= 0.3 is 0 Å². The highest BCUT2D eigenvalue weighted by Crippen LogP contribution is 2.28. The molecule has 0 bridgehead atoms. The van der Waals surface area contributed by atoms with Crippen molar-refractivity contribution in [3.05, 3.63) is 92.4 Å². The van der Waals surface area contributed by atoms with Gasteiger partial charge in [0.25, 0.3) is 10.0 Å². The second-order valence-electron chi connectivity index (χ2n) is 9.47. The van der Waals surface area contributed by atoms with Crippen LogP contribution in [0.15, 0.2) is 65.6 Å². The van der Waals surface area contributed by atoms with Crippen LogP contribution in [0.1, 0.15) is 37.0 Å². The van der Waals surface area contributed by atoms with E-state index >= 15 is 0 Å². The summed E-state index contributed by atoms with van der Waals surface area (Å²) in [5, 5.41) is 3.85. The summed E-state index contributed by atoms with van der Waals surface area (Å²) in [6.45, 7) is 7.22. The Bertz CT molecular complexity index is 1480. The summed E-state index contributed by atoms with van der Waals surface area (Å²) in [7, 11) is -4.19. The van der Waals surface area contributed by atoms with Gasteiger partial charge in [-0.25, -0.2) is 8.42 Å². The van der Waals surface area contributed by atoms with Crippen molar-refractivity contribution in [3.63, 3.8) is 0 Å². The fourth-order valence-corrected chi connectivity index (χ4v) is 5.81. The predicted octanol–water partition coefficient (Wildman–Crippen LogP) is 6.40. The smallest absolute Gasteiger partial charge is 0.264 e. The zero-order valence-electron chi connectivity index (χ0n) is 22.7. The van der Waals surface area contributed by atoms with E-state index in [1.165, 1.54) is 29.2 Å². The number of rotatable bonds is 11. The van der Waals surface area contributed by atoms with Gasteiger partial charge in [-0.3, -0.25) is 13.9 Å². The van der Waals surface area contributed by atoms with Gasteiger partial charge in [0.05, 0.1) is 20.6 Å². The molecule has 0 saturated carbocycles. The number of sulfonamides is 1. The molecule has 1 unspecified atom stereocenters. The van der Waals surface area contributed by atoms with Crippen LogP contribution in [0.25, 0.3) is 0 Å². The molecular weight excluding hydrogens is 593 g/mol. The van der Waals surface area contributed by atoms with Gasteiger partial charge in [0.15, 0.2) is 0 Å². The van der Waals surface area contributed by atoms with Gasteiger partial charge in [-0.1, -0.05) is 53.9 Å². The van der Waals surface area contributed by atoms with Crippen LogP contribution in [0, 0.1) is 13.8 Å². The average molecular weight is 625 g/mol. The molecule has 0 radical (unpaired) electrons. The zero-order valence-corrected chi connectivity index (χ0v) is 25.8. The van der Waals surface area contributed by atoms with E-state index in [4.69, 9.17) is 34.8 Å². The van der Waals surface area contributed by atoms with Gasteiger partial charge < -0.3 is 10.2 Å². The van der Waals surface area contributed by atoms with Gasteiger partial charge in [0, 0.05) is 18.1 Å². The standard InChI is InChI=1S/C29H32Cl3N3O4S/c1-5-14-33-29(37)21(4)34(17-22-7-13-26(31)27(32)16-22)28(36)18-35(24-10-6-19(2)20(3)15-24)40(38,39)25-11-8-23(30)9-12-25/h6-13,15-16,21H,5,14,17-18H2,1-4H3,(H,33,37). The molecule has 11 heteroatoms. The van der Waals surface area contributed by atoms with E-state index in [1.807, 2.05) is 20.8 Å². The summed E-state index contributed by atoms with van der Waals surface area (Å²) in [6, 6.07) is 15.0. The molecule has 0 aliphatic carbocycles. The Morgan fingerprint density at radius 3 is 2.17 bits per heavy atom. The van der Waals surface area contributed by atoms with Crippen LogP contribution >= 0.6 is 34.8 Å². The van der Waals surface area contributed by atoms with Gasteiger partial charge in [-0.2, -0.15) is 0 Å². The number of hydrogen-bond donors (Lipinski definition) is 1. The Hall–Kier alpha value is -2.78. The zero-order chi connectivity index (χ0) is 29.6. The first-order valence-corrected chi connectivity index (χ1v) is 15.3. The minimum Gasteiger partial charge on any atom is -0.354 e. The van der Waals surface area contributed by atoms with Crippen LogP contribution in [0.3, 0.4) is 0 Å². The molecule has 1 atom stereocenters. The molecule has 7 nitrogen and oxygen atoms in total. The third-order valence-electron chi connectivity index (χ3n) is 6.51. The van der Waals surface area contributed by atoms with Gasteiger partial charge in [-0.15, -0.1) is 0 Å². The van der Waals surface area contributed by atoms with E-state index in [0.29, 0.717) is 32.9 Å². The summed E-state index contributed by atoms with van der Waals surface area (Å²) in [5.74, 6) is -0.922. The van der Waals surface area contributed by atoms with Crippen LogP contribution in [-0.2, 0) is 26.2 Å². The number of hydrogen-bond acceptors (Lipinski definition) is 4. The number of benzene rings is 3. The predicted molar refractivity (Wildman–Crippen MR) is 162 cm³/mol. The largest absolute Gasteiger partial charge is 0.354 e. The lowest BCUT2D eigenvalue weighted by Gasteiger charge is -2.32. The number of carbonyl (C=O) groups is 2. The van der Waals surface area contributed by atoms with Crippen LogP contribution in [0.2, 0.25) is 15.1 Å². The Morgan fingerprint density at radius 1 is 0.900 bits per heavy atom. The van der Waals surface area contributed by atoms with Crippen molar-refractivity contribution in [1.82, 2.24) is 10.2 Å². The fourth-order valence-electron chi connectivity index (χ4n) is 3.96. The molecule has 2 amide bonds. The normalized spacial score (nSPS) is 12.1. The topological polar surface area (TPSA) is 86.8 Å². The molecule has 0 aromatic heterocycles. The molecular formula is C29H32Cl3N3O4S. The first-order valence-electron chi connectivity index (χ1n) is 12.7. The van der Waals surface area contributed by atoms with Crippen LogP contribution in [0.4, 0.5) is 5.69 Å². The molecule has 0 spiro atoms. The maximum Gasteiger partial charge on any atom is 0.264 e. The summed E-state index contributed by atoms with van der Waals surface area (Å²) in [4.78, 5) is 28.2. The first-order chi connectivity index (χ1) is 18.8. The number of aryl methyl sites for hydroxylation is 2. The van der Waals surface area contributed by atoms with E-state index < -0.39 is 28.5 Å². The van der Waals surface area contributed by atoms with Crippen LogP contribution in [0.5, 0.6) is 0 Å². The van der Waals surface area contributed by atoms with Crippen molar-refractivity contribution in [2.75, 3.05) is 17.4 Å². The molecule has 3 rings (SSSR count). The lowest BCUT2D eigenvalue weighted by Crippen LogP contribution is -2.51. The quantitative estimate of drug-likeness (QED) is 0.267. The van der Waals surface area contributed by atoms with E-state index in [9.17, 15) is 18.0 Å². The van der Waals surface area contributed by atoms with E-state index in [2.05, 4.69) is 5.32 Å². The highest BCUT2D eigenvalue weighted by atomic mass is 35.5. The van der Waals surface area contributed by atoms with Crippen LogP contribution < -0.4 is 9.62 Å². The molecule has 0 saturated heterocycles. The van der Waals surface area contributed by atoms with E-state index in [0.717, 1.165) is 21.9 Å². The average Bonchev–Trinajstić information content (AvgIpc) is 2.92. The third kappa shape index (κ3) is 7.69. The highest BCUT2D eigenvalue weighted by Gasteiger charge is 2.32. The minimum atomic E-state index is -4.19. The molecule has 3 aromatic rings. The maximum atomic E-state index is 13.9. The Balaban J connectivity index is 2.05. The lowest BCUT2D eigenvalue weighted by atomic mass is 10.1. The second kappa shape index (κ2) is 13.7. The van der Waals surface area contributed by atoms with Crippen molar-refractivity contribution in [3.8, 4) is 0 Å². The molecule has 0 heterocycles. The molecule has 0 fully saturated rings. The van der Waals surface area contributed by atoms with Crippen molar-refractivity contribution < 1.29 is 18.0 Å². The van der Waals surface area contributed by atoms with E-state index in [1.54, 1.807) is 43.3 Å². The van der Waals surface area contributed by atoms with Crippen LogP contribution in [-0.4, -0.2) is 44.3 Å². The third-order valence-corrected chi connectivity index (χ3v) is 9.29. The molecule has 3 aromatic carbocycles.